The number of carbonyl (C=O) groups is 1. The van der Waals surface area contributed by atoms with Crippen LogP contribution in [0.25, 0.3) is 11.4 Å². The van der Waals surface area contributed by atoms with Crippen LogP contribution in [0.3, 0.4) is 0 Å². The smallest absolute Gasteiger partial charge is 0.253 e. The molecule has 0 aliphatic carbocycles. The number of carbonyl (C=O) groups excluding carboxylic acids is 1. The van der Waals surface area contributed by atoms with Crippen LogP contribution in [0, 0.1) is 0 Å². The van der Waals surface area contributed by atoms with Crippen molar-refractivity contribution < 1.29 is 9.53 Å². The van der Waals surface area contributed by atoms with Gasteiger partial charge in [0.05, 0.1) is 35.4 Å². The maximum Gasteiger partial charge on any atom is 0.253 e. The number of ether oxygens (including phenoxy) is 1. The van der Waals surface area contributed by atoms with E-state index in [-0.39, 0.29) is 5.91 Å². The molecule has 1 N–H and O–H groups in total. The Kier molecular flexibility index (Phi) is 4.96. The number of nitrogens with one attached hydrogen (secondary N) is 1. The van der Waals surface area contributed by atoms with Crippen molar-refractivity contribution in [2.75, 3.05) is 7.11 Å². The van der Waals surface area contributed by atoms with Gasteiger partial charge in [-0.3, -0.25) is 14.5 Å². The minimum Gasteiger partial charge on any atom is -0.380 e. The van der Waals surface area contributed by atoms with E-state index in [0.717, 1.165) is 39.3 Å². The number of rotatable bonds is 6. The minimum atomic E-state index is -0.0256. The van der Waals surface area contributed by atoms with Gasteiger partial charge in [0.2, 0.25) is 0 Å². The van der Waals surface area contributed by atoms with Crippen molar-refractivity contribution in [3.63, 3.8) is 0 Å². The summed E-state index contributed by atoms with van der Waals surface area (Å²) in [4.78, 5) is 17.5. The second kappa shape index (κ2) is 7.56. The van der Waals surface area contributed by atoms with Crippen molar-refractivity contribution in [2.45, 2.75) is 32.9 Å². The Morgan fingerprint density at radius 1 is 1.25 bits per heavy atom. The Morgan fingerprint density at radius 2 is 2.04 bits per heavy atom. The molecule has 6 nitrogen and oxygen atoms in total. The van der Waals surface area contributed by atoms with E-state index in [1.165, 1.54) is 5.56 Å². The molecule has 3 heterocycles. The van der Waals surface area contributed by atoms with E-state index in [9.17, 15) is 4.79 Å². The highest BCUT2D eigenvalue weighted by molar-refractivity contribution is 6.00. The van der Waals surface area contributed by atoms with Gasteiger partial charge in [0.1, 0.15) is 0 Å². The van der Waals surface area contributed by atoms with E-state index in [1.807, 2.05) is 43.0 Å². The maximum atomic E-state index is 12.5. The summed E-state index contributed by atoms with van der Waals surface area (Å²) in [5.74, 6) is -0.0256. The predicted molar refractivity (Wildman–Crippen MR) is 107 cm³/mol. The lowest BCUT2D eigenvalue weighted by molar-refractivity contribution is 0.0964. The van der Waals surface area contributed by atoms with Gasteiger partial charge in [-0.25, -0.2) is 0 Å². The Morgan fingerprint density at radius 3 is 2.75 bits per heavy atom. The van der Waals surface area contributed by atoms with Gasteiger partial charge < -0.3 is 10.1 Å². The number of fused-ring (bicyclic) bond motifs is 1. The predicted octanol–water partition coefficient (Wildman–Crippen LogP) is 3.03. The Balaban J connectivity index is 1.97. The highest BCUT2D eigenvalue weighted by Crippen LogP contribution is 2.34. The number of methoxy groups -OCH3 is 1. The lowest BCUT2D eigenvalue weighted by Gasteiger charge is -2.17. The molecule has 0 saturated heterocycles. The summed E-state index contributed by atoms with van der Waals surface area (Å²) in [6.07, 6.45) is 3.24. The lowest BCUT2D eigenvalue weighted by atomic mass is 9.92. The van der Waals surface area contributed by atoms with Crippen LogP contribution < -0.4 is 5.32 Å². The molecule has 6 heteroatoms. The second-order valence-electron chi connectivity index (χ2n) is 7.01. The van der Waals surface area contributed by atoms with E-state index in [0.29, 0.717) is 26.0 Å². The summed E-state index contributed by atoms with van der Waals surface area (Å²) < 4.78 is 7.23. The highest BCUT2D eigenvalue weighted by atomic mass is 16.5. The van der Waals surface area contributed by atoms with Crippen LogP contribution in [0.1, 0.15) is 45.2 Å². The second-order valence-corrected chi connectivity index (χ2v) is 7.01. The number of hydrogen-bond donors (Lipinski definition) is 1. The van der Waals surface area contributed by atoms with Crippen LogP contribution in [0.2, 0.25) is 0 Å². The molecule has 28 heavy (non-hydrogen) atoms. The summed E-state index contributed by atoms with van der Waals surface area (Å²) in [5, 5.41) is 7.42. The molecule has 2 aromatic heterocycles. The quantitative estimate of drug-likeness (QED) is 0.718. The molecule has 1 aliphatic rings. The average Bonchev–Trinajstić information content (AvgIpc) is 3.27. The fourth-order valence-electron chi connectivity index (χ4n) is 3.94. The standard InChI is InChI=1S/C22H24N4O2/c1-4-18-19-17(12-23-22(19)27)16(10-14-8-6-5-7-9-14)20(25-18)21-15(13-28-3)11-24-26(21)2/h5-9,11H,4,10,12-13H2,1-3H3,(H,23,27). The molecule has 0 spiro atoms. The molecule has 1 aliphatic heterocycles. The highest BCUT2D eigenvalue weighted by Gasteiger charge is 2.30. The molecule has 0 atom stereocenters. The van der Waals surface area contributed by atoms with Crippen molar-refractivity contribution in [3.8, 4) is 11.4 Å². The third kappa shape index (κ3) is 3.10. The third-order valence-corrected chi connectivity index (χ3v) is 5.24. The average molecular weight is 376 g/mol. The van der Waals surface area contributed by atoms with Crippen molar-refractivity contribution in [1.29, 1.82) is 0 Å². The summed E-state index contributed by atoms with van der Waals surface area (Å²) in [7, 11) is 3.60. The summed E-state index contributed by atoms with van der Waals surface area (Å²) in [6, 6.07) is 10.3. The molecule has 0 bridgehead atoms. The number of aromatic nitrogens is 3. The first-order valence-electron chi connectivity index (χ1n) is 9.51. The molecular formula is C22H24N4O2. The van der Waals surface area contributed by atoms with Crippen LogP contribution in [-0.2, 0) is 37.8 Å². The van der Waals surface area contributed by atoms with Gasteiger partial charge >= 0.3 is 0 Å². The van der Waals surface area contributed by atoms with Gasteiger partial charge in [-0.2, -0.15) is 5.10 Å². The molecule has 4 rings (SSSR count). The van der Waals surface area contributed by atoms with E-state index < -0.39 is 0 Å². The zero-order chi connectivity index (χ0) is 19.7. The van der Waals surface area contributed by atoms with Crippen molar-refractivity contribution in [2.24, 2.45) is 7.05 Å². The Bertz CT molecular complexity index is 1020. The first kappa shape index (κ1) is 18.4. The molecule has 0 saturated carbocycles. The van der Waals surface area contributed by atoms with Gasteiger partial charge in [0.15, 0.2) is 0 Å². The SMILES string of the molecule is CCc1nc(-c2c(COC)cnn2C)c(Cc2ccccc2)c2c1C(=O)NC2. The van der Waals surface area contributed by atoms with E-state index in [2.05, 4.69) is 22.5 Å². The van der Waals surface area contributed by atoms with Crippen LogP contribution >= 0.6 is 0 Å². The van der Waals surface area contributed by atoms with Crippen molar-refractivity contribution in [1.82, 2.24) is 20.1 Å². The van der Waals surface area contributed by atoms with E-state index >= 15 is 0 Å². The Hall–Kier alpha value is -2.99. The van der Waals surface area contributed by atoms with Crippen molar-refractivity contribution in [3.05, 3.63) is 70.0 Å². The minimum absolute atomic E-state index is 0.0256. The zero-order valence-corrected chi connectivity index (χ0v) is 16.5. The molecule has 1 amide bonds. The number of benzene rings is 1. The van der Waals surface area contributed by atoms with Gasteiger partial charge in [0, 0.05) is 32.7 Å². The van der Waals surface area contributed by atoms with E-state index in [1.54, 1.807) is 7.11 Å². The molecule has 0 unspecified atom stereocenters. The van der Waals surface area contributed by atoms with Crippen LogP contribution in [0.4, 0.5) is 0 Å². The van der Waals surface area contributed by atoms with E-state index in [4.69, 9.17) is 9.72 Å². The zero-order valence-electron chi connectivity index (χ0n) is 16.5. The molecule has 144 valence electrons. The van der Waals surface area contributed by atoms with Gasteiger partial charge in [-0.1, -0.05) is 37.3 Å². The van der Waals surface area contributed by atoms with Crippen LogP contribution in [0.5, 0.6) is 0 Å². The number of nitrogens with zero attached hydrogens (tertiary/aromatic N) is 3. The van der Waals surface area contributed by atoms with Gasteiger partial charge in [0.25, 0.3) is 5.91 Å². The van der Waals surface area contributed by atoms with Crippen molar-refractivity contribution >= 4 is 5.91 Å². The van der Waals surface area contributed by atoms with Gasteiger partial charge in [-0.05, 0) is 23.1 Å². The molecule has 1 aromatic carbocycles. The number of hydrogen-bond acceptors (Lipinski definition) is 4. The number of amides is 1. The first-order valence-corrected chi connectivity index (χ1v) is 9.51. The van der Waals surface area contributed by atoms with Crippen LogP contribution in [-0.4, -0.2) is 27.8 Å². The summed E-state index contributed by atoms with van der Waals surface area (Å²) >= 11 is 0. The monoisotopic (exact) mass is 376 g/mol. The van der Waals surface area contributed by atoms with Gasteiger partial charge in [-0.15, -0.1) is 0 Å². The third-order valence-electron chi connectivity index (χ3n) is 5.24. The lowest BCUT2D eigenvalue weighted by Crippen LogP contribution is -2.14. The maximum absolute atomic E-state index is 12.5. The normalized spacial score (nSPS) is 12.9. The molecule has 0 radical (unpaired) electrons. The molecular weight excluding hydrogens is 352 g/mol. The number of pyridine rings is 1. The topological polar surface area (TPSA) is 69.0 Å². The molecule has 0 fully saturated rings. The molecule has 3 aromatic rings. The first-order chi connectivity index (χ1) is 13.6. The summed E-state index contributed by atoms with van der Waals surface area (Å²) in [5.41, 5.74) is 7.73. The largest absolute Gasteiger partial charge is 0.380 e. The Labute approximate surface area is 164 Å². The number of aryl methyl sites for hydroxylation is 2. The fraction of sp³-hybridized carbons (Fsp3) is 0.318. The summed E-state index contributed by atoms with van der Waals surface area (Å²) in [6.45, 7) is 3.04. The fourth-order valence-corrected chi connectivity index (χ4v) is 3.94. The van der Waals surface area contributed by atoms with Crippen LogP contribution in [0.15, 0.2) is 36.5 Å².